The standard InChI is InChI=1S/C37H34NO.C16H18N.Ir/c1-24-23-38-34(21-31(24)26-14-18-37(19-15-26)16-5-2-6-17-37)30-11-7-10-29-33-20-27-13-12-25-8-3-4-9-28(25)32(27)22-35(33)39-36(29)30;1-12-5-7-13(8-6-12)15-10-9-14(11-17-15)16(2,3)4;/h3-4,7-10,12-13,20-23,26H,2,5-6,14-19H2,1H3;5-7,9-11H,1-4H3;/q2*-1;/i1D3,26D;1D3;. The monoisotopic (exact) mass is 932 g/mol. The Bertz CT molecular complexity index is 2890. The van der Waals surface area contributed by atoms with E-state index >= 15 is 0 Å². The summed E-state index contributed by atoms with van der Waals surface area (Å²) in [5.74, 6) is -0.954. The van der Waals surface area contributed by atoms with E-state index in [1.54, 1.807) is 12.1 Å². The van der Waals surface area contributed by atoms with Gasteiger partial charge in [-0.05, 0) is 124 Å². The molecule has 2 saturated carbocycles. The molecule has 10 rings (SSSR count). The molecule has 5 aromatic carbocycles. The molecular weight excluding hydrogens is 873 g/mol. The molecule has 1 spiro atoms. The Kier molecular flexibility index (Phi) is 8.78. The summed E-state index contributed by atoms with van der Waals surface area (Å²) in [7, 11) is 0. The molecule has 3 aromatic heterocycles. The summed E-state index contributed by atoms with van der Waals surface area (Å²) in [5.41, 5.74) is 7.03. The zero-order valence-electron chi connectivity index (χ0n) is 39.9. The van der Waals surface area contributed by atoms with Crippen molar-refractivity contribution in [3.8, 4) is 22.5 Å². The number of fused-ring (bicyclic) bond motifs is 6. The van der Waals surface area contributed by atoms with Crippen molar-refractivity contribution in [3.05, 3.63) is 144 Å². The molecule has 291 valence electrons. The molecule has 0 bridgehead atoms. The van der Waals surface area contributed by atoms with Gasteiger partial charge >= 0.3 is 0 Å². The molecular formula is C53H52IrN2O-2. The van der Waals surface area contributed by atoms with Gasteiger partial charge in [-0.15, -0.1) is 53.6 Å². The number of rotatable bonds is 3. The predicted octanol–water partition coefficient (Wildman–Crippen LogP) is 14.8. The fourth-order valence-corrected chi connectivity index (χ4v) is 9.05. The van der Waals surface area contributed by atoms with Crippen LogP contribution in [0.3, 0.4) is 0 Å². The van der Waals surface area contributed by atoms with E-state index in [1.807, 2.05) is 36.5 Å². The van der Waals surface area contributed by atoms with Crippen molar-refractivity contribution in [3.63, 3.8) is 0 Å². The number of pyridine rings is 2. The van der Waals surface area contributed by atoms with E-state index in [0.29, 0.717) is 46.2 Å². The molecule has 0 amide bonds. The van der Waals surface area contributed by atoms with Crippen LogP contribution in [0.2, 0.25) is 0 Å². The van der Waals surface area contributed by atoms with Crippen molar-refractivity contribution in [1.29, 1.82) is 0 Å². The zero-order chi connectivity index (χ0) is 44.4. The summed E-state index contributed by atoms with van der Waals surface area (Å²) in [6.07, 6.45) is 13.0. The minimum Gasteiger partial charge on any atom is -0.501 e. The van der Waals surface area contributed by atoms with Crippen molar-refractivity contribution < 1.29 is 34.1 Å². The Balaban J connectivity index is 0.000000225. The fourth-order valence-electron chi connectivity index (χ4n) is 9.05. The summed E-state index contributed by atoms with van der Waals surface area (Å²) in [6, 6.07) is 38.0. The summed E-state index contributed by atoms with van der Waals surface area (Å²) in [5, 5.41) is 6.65. The summed E-state index contributed by atoms with van der Waals surface area (Å²) in [6.45, 7) is 1.99. The number of nitrogens with zero attached hydrogens (tertiary/aromatic N) is 2. The minimum absolute atomic E-state index is 0. The number of aryl methyl sites for hydroxylation is 2. The first-order chi connectivity index (χ1) is 29.9. The Labute approximate surface area is 361 Å². The number of aromatic nitrogens is 2. The molecule has 2 aliphatic rings. The van der Waals surface area contributed by atoms with E-state index in [2.05, 4.69) is 91.4 Å². The second-order valence-corrected chi connectivity index (χ2v) is 17.0. The van der Waals surface area contributed by atoms with E-state index in [9.17, 15) is 1.37 Å². The van der Waals surface area contributed by atoms with Gasteiger partial charge in [-0.1, -0.05) is 112 Å². The topological polar surface area (TPSA) is 38.9 Å². The maximum absolute atomic E-state index is 9.63. The maximum atomic E-state index is 9.63. The fraction of sp³-hybridized carbons (Fsp3) is 0.321. The Hall–Kier alpha value is -4.63. The molecule has 8 aromatic rings. The van der Waals surface area contributed by atoms with Crippen molar-refractivity contribution >= 4 is 43.5 Å². The average Bonchev–Trinajstić information content (AvgIpc) is 3.64. The van der Waals surface area contributed by atoms with Crippen LogP contribution < -0.4 is 0 Å². The molecule has 3 nitrogen and oxygen atoms in total. The summed E-state index contributed by atoms with van der Waals surface area (Å²) in [4.78, 5) is 9.10. The predicted molar refractivity (Wildman–Crippen MR) is 234 cm³/mol. The summed E-state index contributed by atoms with van der Waals surface area (Å²) < 4.78 is 63.1. The SMILES string of the molecule is [2H]C([2H])([2H])c1c[c-]c(-c2ccc(C(C)(C)C)cn2)cc1.[2H]C([2H])([2H])c1cnc(-c2[c-]ccc3c2oc2cc4c(ccc5ccccc54)cc23)cc1C1([2H])CCC2(CCCCC2)CC1.[Ir]. The molecule has 0 aliphatic heterocycles. The largest absolute Gasteiger partial charge is 0.501 e. The van der Waals surface area contributed by atoms with Crippen LogP contribution in [-0.4, -0.2) is 9.97 Å². The van der Waals surface area contributed by atoms with Crippen LogP contribution in [-0.2, 0) is 25.5 Å². The van der Waals surface area contributed by atoms with Crippen LogP contribution >= 0.6 is 0 Å². The van der Waals surface area contributed by atoms with E-state index in [0.717, 1.165) is 51.2 Å². The van der Waals surface area contributed by atoms with Gasteiger partial charge in [-0.2, -0.15) is 0 Å². The van der Waals surface area contributed by atoms with Crippen LogP contribution in [0, 0.1) is 31.3 Å². The molecule has 2 aliphatic carbocycles. The third-order valence-corrected chi connectivity index (χ3v) is 12.4. The third kappa shape index (κ3) is 7.84. The molecule has 0 N–H and O–H groups in total. The number of hydrogen-bond acceptors (Lipinski definition) is 3. The van der Waals surface area contributed by atoms with Gasteiger partial charge in [-0.3, -0.25) is 0 Å². The van der Waals surface area contributed by atoms with Gasteiger partial charge in [0, 0.05) is 47.5 Å². The molecule has 4 heteroatoms. The zero-order valence-corrected chi connectivity index (χ0v) is 35.3. The molecule has 1 radical (unpaired) electrons. The van der Waals surface area contributed by atoms with Gasteiger partial charge in [0.2, 0.25) is 0 Å². The van der Waals surface area contributed by atoms with Gasteiger partial charge in [0.05, 0.1) is 5.58 Å². The quantitative estimate of drug-likeness (QED) is 0.131. The second-order valence-electron chi connectivity index (χ2n) is 17.0. The molecule has 0 unspecified atom stereocenters. The average molecular weight is 932 g/mol. The molecule has 2 fully saturated rings. The van der Waals surface area contributed by atoms with Crippen molar-refractivity contribution in [2.75, 3.05) is 0 Å². The maximum Gasteiger partial charge on any atom is 0.121 e. The van der Waals surface area contributed by atoms with Crippen molar-refractivity contribution in [2.45, 2.75) is 104 Å². The number of furan rings is 1. The van der Waals surface area contributed by atoms with Gasteiger partial charge in [0.1, 0.15) is 5.58 Å². The molecule has 0 saturated heterocycles. The summed E-state index contributed by atoms with van der Waals surface area (Å²) >= 11 is 0. The van der Waals surface area contributed by atoms with Crippen LogP contribution in [0.15, 0.2) is 114 Å². The Morgan fingerprint density at radius 3 is 2.28 bits per heavy atom. The smallest absolute Gasteiger partial charge is 0.121 e. The van der Waals surface area contributed by atoms with E-state index in [4.69, 9.17) is 12.6 Å². The molecule has 0 atom stereocenters. The van der Waals surface area contributed by atoms with Crippen LogP contribution in [0.5, 0.6) is 0 Å². The van der Waals surface area contributed by atoms with Crippen LogP contribution in [0.25, 0.3) is 66.0 Å². The Morgan fingerprint density at radius 2 is 1.54 bits per heavy atom. The van der Waals surface area contributed by atoms with Crippen molar-refractivity contribution in [1.82, 2.24) is 9.97 Å². The minimum atomic E-state index is -2.34. The molecule has 3 heterocycles. The Morgan fingerprint density at radius 1 is 0.737 bits per heavy atom. The van der Waals surface area contributed by atoms with E-state index in [-0.39, 0.29) is 31.1 Å². The first-order valence-corrected chi connectivity index (χ1v) is 20.1. The van der Waals surface area contributed by atoms with E-state index < -0.39 is 19.6 Å². The van der Waals surface area contributed by atoms with Crippen LogP contribution in [0.1, 0.15) is 116 Å². The number of hydrogen-bond donors (Lipinski definition) is 0. The van der Waals surface area contributed by atoms with Crippen molar-refractivity contribution in [2.24, 2.45) is 5.41 Å². The van der Waals surface area contributed by atoms with E-state index in [1.165, 1.54) is 60.7 Å². The second kappa shape index (κ2) is 16.0. The van der Waals surface area contributed by atoms with Crippen LogP contribution in [0.4, 0.5) is 0 Å². The van der Waals surface area contributed by atoms with Gasteiger partial charge in [0.25, 0.3) is 0 Å². The van der Waals surface area contributed by atoms with Gasteiger partial charge < -0.3 is 14.4 Å². The van der Waals surface area contributed by atoms with Gasteiger partial charge in [-0.25, -0.2) is 0 Å². The first-order valence-electron chi connectivity index (χ1n) is 23.6. The first kappa shape index (κ1) is 31.4. The van der Waals surface area contributed by atoms with Gasteiger partial charge in [0.15, 0.2) is 0 Å². The number of benzene rings is 5. The normalized spacial score (nSPS) is 18.6. The third-order valence-electron chi connectivity index (χ3n) is 12.4. The molecule has 57 heavy (non-hydrogen) atoms.